The number of hydrogen-bond donors (Lipinski definition) is 1. The van der Waals surface area contributed by atoms with Crippen molar-refractivity contribution < 1.29 is 9.90 Å². The first-order valence-corrected chi connectivity index (χ1v) is 2.95. The van der Waals surface area contributed by atoms with Gasteiger partial charge in [-0.1, -0.05) is 13.8 Å². The number of ketones is 1. The Morgan fingerprint density at radius 3 is 2.11 bits per heavy atom. The van der Waals surface area contributed by atoms with Crippen LogP contribution in [0.15, 0.2) is 11.8 Å². The van der Waals surface area contributed by atoms with E-state index in [1.165, 1.54) is 13.0 Å². The second-order valence-electron chi connectivity index (χ2n) is 2.33. The lowest BCUT2D eigenvalue weighted by molar-refractivity contribution is -0.112. The van der Waals surface area contributed by atoms with Crippen molar-refractivity contribution in [2.45, 2.75) is 20.8 Å². The molecule has 0 bridgehead atoms. The van der Waals surface area contributed by atoms with Crippen LogP contribution in [0, 0.1) is 5.92 Å². The van der Waals surface area contributed by atoms with Gasteiger partial charge >= 0.3 is 0 Å². The van der Waals surface area contributed by atoms with Crippen molar-refractivity contribution in [3.8, 4) is 0 Å². The van der Waals surface area contributed by atoms with E-state index in [-0.39, 0.29) is 17.5 Å². The van der Waals surface area contributed by atoms with Crippen LogP contribution in [0.1, 0.15) is 20.8 Å². The van der Waals surface area contributed by atoms with E-state index in [0.717, 1.165) is 0 Å². The first-order valence-electron chi connectivity index (χ1n) is 2.95. The molecule has 0 rings (SSSR count). The van der Waals surface area contributed by atoms with Crippen molar-refractivity contribution in [3.63, 3.8) is 0 Å². The Hall–Kier alpha value is -0.790. The summed E-state index contributed by atoms with van der Waals surface area (Å²) >= 11 is 0. The van der Waals surface area contributed by atoms with Crippen molar-refractivity contribution >= 4 is 5.78 Å². The van der Waals surface area contributed by atoms with E-state index < -0.39 is 0 Å². The van der Waals surface area contributed by atoms with Crippen molar-refractivity contribution in [1.29, 1.82) is 0 Å². The molecule has 0 saturated heterocycles. The third-order valence-electron chi connectivity index (χ3n) is 0.943. The van der Waals surface area contributed by atoms with Crippen LogP contribution < -0.4 is 0 Å². The Morgan fingerprint density at radius 2 is 2.00 bits per heavy atom. The molecule has 0 saturated carbocycles. The van der Waals surface area contributed by atoms with E-state index in [0.29, 0.717) is 0 Å². The summed E-state index contributed by atoms with van der Waals surface area (Å²) in [6.07, 6.45) is 1.24. The molecule has 0 atom stereocenters. The lowest BCUT2D eigenvalue weighted by Crippen LogP contribution is -1.95. The van der Waals surface area contributed by atoms with Crippen LogP contribution in [0.3, 0.4) is 0 Å². The smallest absolute Gasteiger partial charge is 0.155 e. The summed E-state index contributed by atoms with van der Waals surface area (Å²) in [5.74, 6) is 0.0950. The van der Waals surface area contributed by atoms with E-state index in [1.54, 1.807) is 0 Å². The number of carbonyl (C=O) groups is 1. The minimum absolute atomic E-state index is 0.0499. The lowest BCUT2D eigenvalue weighted by Gasteiger charge is -1.99. The average Bonchev–Trinajstić information content (AvgIpc) is 1.63. The second-order valence-corrected chi connectivity index (χ2v) is 2.33. The summed E-state index contributed by atoms with van der Waals surface area (Å²) in [5, 5.41) is 8.94. The number of allylic oxidation sites excluding steroid dienone is 2. The summed E-state index contributed by atoms with van der Waals surface area (Å²) in [5.41, 5.74) is 0. The van der Waals surface area contributed by atoms with Crippen LogP contribution in [-0.2, 0) is 4.79 Å². The van der Waals surface area contributed by atoms with Crippen molar-refractivity contribution in [2.24, 2.45) is 5.92 Å². The first-order chi connectivity index (χ1) is 4.04. The molecule has 9 heavy (non-hydrogen) atoms. The fourth-order valence-electron chi connectivity index (χ4n) is 0.375. The van der Waals surface area contributed by atoms with Gasteiger partial charge in [-0.25, -0.2) is 0 Å². The monoisotopic (exact) mass is 128 g/mol. The quantitative estimate of drug-likeness (QED) is 0.453. The van der Waals surface area contributed by atoms with Crippen LogP contribution >= 0.6 is 0 Å². The number of hydrogen-bond acceptors (Lipinski definition) is 2. The third-order valence-corrected chi connectivity index (χ3v) is 0.943. The highest BCUT2D eigenvalue weighted by Crippen LogP contribution is 2.03. The highest BCUT2D eigenvalue weighted by atomic mass is 16.3. The van der Waals surface area contributed by atoms with Crippen LogP contribution in [0.5, 0.6) is 0 Å². The molecule has 0 spiro atoms. The molecule has 1 N–H and O–H groups in total. The van der Waals surface area contributed by atoms with Crippen LogP contribution in [-0.4, -0.2) is 10.9 Å². The lowest BCUT2D eigenvalue weighted by atomic mass is 10.1. The molecule has 0 aliphatic carbocycles. The van der Waals surface area contributed by atoms with E-state index in [2.05, 4.69) is 0 Å². The maximum absolute atomic E-state index is 10.3. The molecule has 0 aromatic heterocycles. The van der Waals surface area contributed by atoms with Gasteiger partial charge in [-0.2, -0.15) is 0 Å². The fourth-order valence-corrected chi connectivity index (χ4v) is 0.375. The van der Waals surface area contributed by atoms with Gasteiger partial charge in [0.25, 0.3) is 0 Å². The Kier molecular flexibility index (Phi) is 2.99. The summed E-state index contributed by atoms with van der Waals surface area (Å²) in [6.45, 7) is 5.07. The second kappa shape index (κ2) is 3.28. The molecular formula is C7H12O2. The summed E-state index contributed by atoms with van der Waals surface area (Å²) in [4.78, 5) is 10.3. The molecule has 0 fully saturated rings. The van der Waals surface area contributed by atoms with Gasteiger partial charge in [-0.15, -0.1) is 0 Å². The van der Waals surface area contributed by atoms with E-state index in [4.69, 9.17) is 5.11 Å². The summed E-state index contributed by atoms with van der Waals surface area (Å²) in [7, 11) is 0. The predicted molar refractivity (Wildman–Crippen MR) is 36.2 cm³/mol. The number of aliphatic hydroxyl groups is 1. The van der Waals surface area contributed by atoms with Gasteiger partial charge in [-0.3, -0.25) is 4.79 Å². The first kappa shape index (κ1) is 8.21. The van der Waals surface area contributed by atoms with E-state index in [9.17, 15) is 4.79 Å². The Morgan fingerprint density at radius 1 is 1.56 bits per heavy atom. The standard InChI is InChI=1S/C7H12O2/c1-5(2)7(9)4-6(3)8/h4-5,9H,1-3H3/b7-4-. The highest BCUT2D eigenvalue weighted by molar-refractivity contribution is 5.87. The fraction of sp³-hybridized carbons (Fsp3) is 0.571. The number of carbonyl (C=O) groups excluding carboxylic acids is 1. The molecule has 2 nitrogen and oxygen atoms in total. The predicted octanol–water partition coefficient (Wildman–Crippen LogP) is 1.67. The Labute approximate surface area is 55.2 Å². The maximum atomic E-state index is 10.3. The van der Waals surface area contributed by atoms with Crippen LogP contribution in [0.2, 0.25) is 0 Å². The van der Waals surface area contributed by atoms with Gasteiger partial charge in [-0.05, 0) is 6.92 Å². The van der Waals surface area contributed by atoms with Gasteiger partial charge in [0.05, 0.1) is 5.76 Å². The molecule has 2 heteroatoms. The molecular weight excluding hydrogens is 116 g/mol. The van der Waals surface area contributed by atoms with Gasteiger partial charge in [0, 0.05) is 12.0 Å². The molecule has 0 aliphatic heterocycles. The SMILES string of the molecule is CC(=O)/C=C(\O)C(C)C. The van der Waals surface area contributed by atoms with Gasteiger partial charge in [0.15, 0.2) is 5.78 Å². The zero-order valence-corrected chi connectivity index (χ0v) is 6.01. The minimum atomic E-state index is -0.110. The zero-order chi connectivity index (χ0) is 7.44. The van der Waals surface area contributed by atoms with Crippen molar-refractivity contribution in [2.75, 3.05) is 0 Å². The number of aliphatic hydroxyl groups excluding tert-OH is 1. The minimum Gasteiger partial charge on any atom is -0.512 e. The molecule has 0 amide bonds. The van der Waals surface area contributed by atoms with Crippen LogP contribution in [0.4, 0.5) is 0 Å². The molecule has 0 aromatic carbocycles. The van der Waals surface area contributed by atoms with Gasteiger partial charge in [0.2, 0.25) is 0 Å². The van der Waals surface area contributed by atoms with Crippen molar-refractivity contribution in [1.82, 2.24) is 0 Å². The van der Waals surface area contributed by atoms with Crippen LogP contribution in [0.25, 0.3) is 0 Å². The largest absolute Gasteiger partial charge is 0.512 e. The number of rotatable bonds is 2. The Bertz CT molecular complexity index is 134. The van der Waals surface area contributed by atoms with Crippen molar-refractivity contribution in [3.05, 3.63) is 11.8 Å². The Balaban J connectivity index is 4.00. The van der Waals surface area contributed by atoms with Gasteiger partial charge in [0.1, 0.15) is 0 Å². The van der Waals surface area contributed by atoms with Gasteiger partial charge < -0.3 is 5.11 Å². The molecule has 52 valence electrons. The third kappa shape index (κ3) is 3.76. The zero-order valence-electron chi connectivity index (χ0n) is 6.01. The molecule has 0 heterocycles. The average molecular weight is 128 g/mol. The maximum Gasteiger partial charge on any atom is 0.155 e. The topological polar surface area (TPSA) is 37.3 Å². The molecule has 0 unspecified atom stereocenters. The van der Waals surface area contributed by atoms with E-state index >= 15 is 0 Å². The molecule has 0 aliphatic rings. The highest BCUT2D eigenvalue weighted by Gasteiger charge is 1.99. The molecule has 0 radical (unpaired) electrons. The summed E-state index contributed by atoms with van der Waals surface area (Å²) in [6, 6.07) is 0. The summed E-state index contributed by atoms with van der Waals surface area (Å²) < 4.78 is 0. The normalized spacial score (nSPS) is 12.2. The van der Waals surface area contributed by atoms with E-state index in [1.807, 2.05) is 13.8 Å². The molecule has 0 aromatic rings.